The fourth-order valence-electron chi connectivity index (χ4n) is 1.36. The first-order valence-electron chi connectivity index (χ1n) is 5.19. The van der Waals surface area contributed by atoms with Gasteiger partial charge in [-0.15, -0.1) is 0 Å². The van der Waals surface area contributed by atoms with E-state index in [0.29, 0.717) is 10.7 Å². The molecule has 2 aromatic carbocycles. The minimum absolute atomic E-state index is 0.0560. The number of rotatable bonds is 3. The molecule has 0 N–H and O–H groups in total. The van der Waals surface area contributed by atoms with Gasteiger partial charge in [-0.05, 0) is 29.8 Å². The molecule has 0 fully saturated rings. The molecule has 0 aliphatic rings. The van der Waals surface area contributed by atoms with Crippen molar-refractivity contribution in [1.29, 1.82) is 0 Å². The predicted molar refractivity (Wildman–Crippen MR) is 71.8 cm³/mol. The molecule has 18 heavy (non-hydrogen) atoms. The Bertz CT molecular complexity index is 577. The second kappa shape index (κ2) is 5.42. The van der Waals surface area contributed by atoms with Crippen molar-refractivity contribution >= 4 is 29.2 Å². The molecule has 0 amide bonds. The summed E-state index contributed by atoms with van der Waals surface area (Å²) in [5.74, 6) is 0. The highest BCUT2D eigenvalue weighted by Crippen LogP contribution is 2.18. The van der Waals surface area contributed by atoms with Gasteiger partial charge in [0.15, 0.2) is 0 Å². The smallest absolute Gasteiger partial charge is 0.258 e. The molecule has 0 atom stereocenters. The maximum atomic E-state index is 10.5. The summed E-state index contributed by atoms with van der Waals surface area (Å²) in [5.41, 5.74) is 1.63. The Morgan fingerprint density at radius 1 is 1.06 bits per heavy atom. The van der Waals surface area contributed by atoms with Gasteiger partial charge in [-0.3, -0.25) is 15.1 Å². The molecule has 0 unspecified atom stereocenters. The van der Waals surface area contributed by atoms with Crippen LogP contribution in [0.2, 0.25) is 5.02 Å². The van der Waals surface area contributed by atoms with Crippen LogP contribution in [0.15, 0.2) is 53.5 Å². The topological polar surface area (TPSA) is 55.5 Å². The molecule has 90 valence electrons. The van der Waals surface area contributed by atoms with E-state index in [1.165, 1.54) is 12.1 Å². The lowest BCUT2D eigenvalue weighted by atomic mass is 10.2. The largest absolute Gasteiger partial charge is 0.269 e. The molecule has 0 aliphatic heterocycles. The highest BCUT2D eigenvalue weighted by atomic mass is 35.5. The van der Waals surface area contributed by atoms with E-state index in [0.717, 1.165) is 5.56 Å². The molecule has 0 bridgehead atoms. The minimum Gasteiger partial charge on any atom is -0.258 e. The summed E-state index contributed by atoms with van der Waals surface area (Å²) >= 11 is 5.77. The fourth-order valence-corrected chi connectivity index (χ4v) is 1.48. The molecule has 0 saturated heterocycles. The third-order valence-corrected chi connectivity index (χ3v) is 2.55. The van der Waals surface area contributed by atoms with Crippen LogP contribution in [0.4, 0.5) is 11.4 Å². The molecule has 0 spiro atoms. The second-order valence-electron chi connectivity index (χ2n) is 3.58. The van der Waals surface area contributed by atoms with Gasteiger partial charge in [-0.25, -0.2) is 0 Å². The average molecular weight is 261 g/mol. The summed E-state index contributed by atoms with van der Waals surface area (Å²) in [4.78, 5) is 14.3. The van der Waals surface area contributed by atoms with E-state index >= 15 is 0 Å². The van der Waals surface area contributed by atoms with E-state index in [-0.39, 0.29) is 5.69 Å². The lowest BCUT2D eigenvalue weighted by molar-refractivity contribution is -0.384. The Morgan fingerprint density at radius 2 is 1.67 bits per heavy atom. The van der Waals surface area contributed by atoms with Crippen LogP contribution in [0.1, 0.15) is 5.56 Å². The number of halogens is 1. The highest BCUT2D eigenvalue weighted by Gasteiger charge is 2.02. The lowest BCUT2D eigenvalue weighted by Gasteiger charge is -1.95. The van der Waals surface area contributed by atoms with Crippen molar-refractivity contribution in [2.24, 2.45) is 4.99 Å². The van der Waals surface area contributed by atoms with Crippen LogP contribution >= 0.6 is 11.6 Å². The lowest BCUT2D eigenvalue weighted by Crippen LogP contribution is -1.85. The van der Waals surface area contributed by atoms with E-state index < -0.39 is 4.92 Å². The monoisotopic (exact) mass is 260 g/mol. The van der Waals surface area contributed by atoms with Gasteiger partial charge in [0.1, 0.15) is 0 Å². The SMILES string of the molecule is O=[N+]([O-])c1ccc(/N=C/c2ccc(Cl)cc2)cc1. The summed E-state index contributed by atoms with van der Waals surface area (Å²) in [5, 5.41) is 11.1. The van der Waals surface area contributed by atoms with Crippen LogP contribution in [-0.4, -0.2) is 11.1 Å². The number of nitrogens with zero attached hydrogens (tertiary/aromatic N) is 2. The quantitative estimate of drug-likeness (QED) is 0.476. The van der Waals surface area contributed by atoms with Crippen molar-refractivity contribution in [3.8, 4) is 0 Å². The van der Waals surface area contributed by atoms with E-state index in [9.17, 15) is 10.1 Å². The number of non-ortho nitro benzene ring substituents is 1. The fraction of sp³-hybridized carbons (Fsp3) is 0. The Hall–Kier alpha value is -2.20. The molecule has 0 aromatic heterocycles. The summed E-state index contributed by atoms with van der Waals surface area (Å²) in [6.45, 7) is 0. The Labute approximate surface area is 109 Å². The van der Waals surface area contributed by atoms with E-state index in [4.69, 9.17) is 11.6 Å². The van der Waals surface area contributed by atoms with Gasteiger partial charge >= 0.3 is 0 Å². The van der Waals surface area contributed by atoms with Gasteiger partial charge in [-0.2, -0.15) is 0 Å². The number of benzene rings is 2. The van der Waals surface area contributed by atoms with Crippen LogP contribution in [-0.2, 0) is 0 Å². The van der Waals surface area contributed by atoms with Gasteiger partial charge in [-0.1, -0.05) is 23.7 Å². The van der Waals surface area contributed by atoms with Gasteiger partial charge in [0.05, 0.1) is 10.6 Å². The number of nitro benzene ring substituents is 1. The van der Waals surface area contributed by atoms with Crippen LogP contribution < -0.4 is 0 Å². The molecule has 2 rings (SSSR count). The summed E-state index contributed by atoms with van der Waals surface area (Å²) in [6, 6.07) is 13.3. The molecule has 0 aliphatic carbocycles. The molecular weight excluding hydrogens is 252 g/mol. The summed E-state index contributed by atoms with van der Waals surface area (Å²) in [6.07, 6.45) is 1.68. The first-order chi connectivity index (χ1) is 8.65. The number of aliphatic imine (C=N–C) groups is 1. The van der Waals surface area contributed by atoms with Crippen molar-refractivity contribution in [2.45, 2.75) is 0 Å². The average Bonchev–Trinajstić information content (AvgIpc) is 2.38. The molecule has 5 heteroatoms. The third kappa shape index (κ3) is 3.15. The predicted octanol–water partition coefficient (Wildman–Crippen LogP) is 4.00. The first-order valence-corrected chi connectivity index (χ1v) is 5.57. The van der Waals surface area contributed by atoms with E-state index in [2.05, 4.69) is 4.99 Å². The minimum atomic E-state index is -0.438. The van der Waals surface area contributed by atoms with Crippen LogP contribution in [0.25, 0.3) is 0 Å². The first kappa shape index (κ1) is 12.3. The summed E-state index contributed by atoms with van der Waals surface area (Å²) in [7, 11) is 0. The number of nitro groups is 1. The maximum absolute atomic E-state index is 10.5. The Kier molecular flexibility index (Phi) is 3.69. The molecule has 0 heterocycles. The van der Waals surface area contributed by atoms with Crippen molar-refractivity contribution < 1.29 is 4.92 Å². The molecule has 4 nitrogen and oxygen atoms in total. The standard InChI is InChI=1S/C13H9ClN2O2/c14-11-3-1-10(2-4-11)9-15-12-5-7-13(8-6-12)16(17)18/h1-9H/b15-9+. The van der Waals surface area contributed by atoms with Gasteiger partial charge in [0, 0.05) is 23.4 Å². The molecule has 0 saturated carbocycles. The Balaban J connectivity index is 2.13. The Morgan fingerprint density at radius 3 is 2.22 bits per heavy atom. The molecular formula is C13H9ClN2O2. The molecule has 2 aromatic rings. The zero-order chi connectivity index (χ0) is 13.0. The normalized spacial score (nSPS) is 10.7. The number of hydrogen-bond donors (Lipinski definition) is 0. The van der Waals surface area contributed by atoms with Crippen molar-refractivity contribution in [1.82, 2.24) is 0 Å². The highest BCUT2D eigenvalue weighted by molar-refractivity contribution is 6.30. The van der Waals surface area contributed by atoms with Crippen molar-refractivity contribution in [3.63, 3.8) is 0 Å². The number of hydrogen-bond acceptors (Lipinski definition) is 3. The summed E-state index contributed by atoms with van der Waals surface area (Å²) < 4.78 is 0. The molecule has 0 radical (unpaired) electrons. The van der Waals surface area contributed by atoms with E-state index in [1.54, 1.807) is 30.5 Å². The zero-order valence-electron chi connectivity index (χ0n) is 9.29. The van der Waals surface area contributed by atoms with Crippen LogP contribution in [0.3, 0.4) is 0 Å². The van der Waals surface area contributed by atoms with Gasteiger partial charge in [0.25, 0.3) is 5.69 Å². The van der Waals surface area contributed by atoms with Crippen LogP contribution in [0, 0.1) is 10.1 Å². The van der Waals surface area contributed by atoms with E-state index in [1.807, 2.05) is 12.1 Å². The van der Waals surface area contributed by atoms with Crippen LogP contribution in [0.5, 0.6) is 0 Å². The second-order valence-corrected chi connectivity index (χ2v) is 4.02. The third-order valence-electron chi connectivity index (χ3n) is 2.29. The van der Waals surface area contributed by atoms with Gasteiger partial charge in [0.2, 0.25) is 0 Å². The van der Waals surface area contributed by atoms with Crippen molar-refractivity contribution in [3.05, 3.63) is 69.2 Å². The zero-order valence-corrected chi connectivity index (χ0v) is 10.0. The van der Waals surface area contributed by atoms with Crippen molar-refractivity contribution in [2.75, 3.05) is 0 Å². The maximum Gasteiger partial charge on any atom is 0.269 e. The van der Waals surface area contributed by atoms with Gasteiger partial charge < -0.3 is 0 Å².